The molecule has 0 radical (unpaired) electrons. The minimum absolute atomic E-state index is 0.0693. The summed E-state index contributed by atoms with van der Waals surface area (Å²) in [7, 11) is 0. The molecule has 0 unspecified atom stereocenters. The van der Waals surface area contributed by atoms with Crippen LogP contribution in [0.3, 0.4) is 0 Å². The lowest BCUT2D eigenvalue weighted by molar-refractivity contribution is -0.116. The summed E-state index contributed by atoms with van der Waals surface area (Å²) >= 11 is 3.08. The van der Waals surface area contributed by atoms with Gasteiger partial charge >= 0.3 is 0 Å². The number of nitrogens with zero attached hydrogens (tertiary/aromatic N) is 2. The van der Waals surface area contributed by atoms with Crippen LogP contribution in [0.15, 0.2) is 52.1 Å². The van der Waals surface area contributed by atoms with Crippen LogP contribution in [0.4, 0.5) is 5.69 Å². The normalized spacial score (nSPS) is 10.1. The molecule has 1 heterocycles. The number of carbonyl (C=O) groups excluding carboxylic acids is 1. The third-order valence-corrected chi connectivity index (χ3v) is 2.77. The van der Waals surface area contributed by atoms with Gasteiger partial charge in [0.2, 0.25) is 5.91 Å². The van der Waals surface area contributed by atoms with Gasteiger partial charge in [-0.25, -0.2) is 4.98 Å². The van der Waals surface area contributed by atoms with E-state index in [1.807, 2.05) is 18.2 Å². The maximum atomic E-state index is 11.7. The van der Waals surface area contributed by atoms with Crippen molar-refractivity contribution < 1.29 is 4.79 Å². The van der Waals surface area contributed by atoms with Crippen LogP contribution in [0.2, 0.25) is 0 Å². The van der Waals surface area contributed by atoms with Gasteiger partial charge in [-0.3, -0.25) is 14.2 Å². The quantitative estimate of drug-likeness (QED) is 0.937. The molecule has 1 aromatic carbocycles. The van der Waals surface area contributed by atoms with E-state index in [1.165, 1.54) is 17.1 Å². The average molecular weight is 308 g/mol. The highest BCUT2D eigenvalue weighted by atomic mass is 79.9. The van der Waals surface area contributed by atoms with E-state index in [4.69, 9.17) is 0 Å². The highest BCUT2D eigenvalue weighted by Crippen LogP contribution is 2.05. The zero-order valence-electron chi connectivity index (χ0n) is 9.34. The number of anilines is 1. The number of carbonyl (C=O) groups is 1. The second-order valence-electron chi connectivity index (χ2n) is 3.59. The van der Waals surface area contributed by atoms with Crippen LogP contribution in [0, 0.1) is 0 Å². The Labute approximate surface area is 112 Å². The first kappa shape index (κ1) is 12.5. The number of hydrogen-bond donors (Lipinski definition) is 1. The third-order valence-electron chi connectivity index (χ3n) is 2.23. The Morgan fingerprint density at radius 1 is 1.33 bits per heavy atom. The monoisotopic (exact) mass is 307 g/mol. The molecule has 0 aliphatic heterocycles. The SMILES string of the molecule is O=C(Cn1cncc(Br)c1=O)Nc1ccccc1. The Hall–Kier alpha value is -1.95. The molecule has 1 aromatic heterocycles. The Kier molecular flexibility index (Phi) is 3.88. The number of amides is 1. The van der Waals surface area contributed by atoms with E-state index in [-0.39, 0.29) is 18.0 Å². The highest BCUT2D eigenvalue weighted by molar-refractivity contribution is 9.10. The van der Waals surface area contributed by atoms with E-state index in [0.29, 0.717) is 10.2 Å². The van der Waals surface area contributed by atoms with Gasteiger partial charge in [-0.2, -0.15) is 0 Å². The van der Waals surface area contributed by atoms with Crippen molar-refractivity contribution in [2.75, 3.05) is 5.32 Å². The van der Waals surface area contributed by atoms with E-state index < -0.39 is 0 Å². The minimum atomic E-state index is -0.284. The van der Waals surface area contributed by atoms with E-state index in [9.17, 15) is 9.59 Å². The van der Waals surface area contributed by atoms with Gasteiger partial charge in [0.1, 0.15) is 11.0 Å². The first-order valence-electron chi connectivity index (χ1n) is 5.21. The van der Waals surface area contributed by atoms with Gasteiger partial charge in [0.25, 0.3) is 5.56 Å². The predicted octanol–water partition coefficient (Wildman–Crippen LogP) is 1.64. The summed E-state index contributed by atoms with van der Waals surface area (Å²) in [5, 5.41) is 2.70. The predicted molar refractivity (Wildman–Crippen MR) is 71.3 cm³/mol. The summed E-state index contributed by atoms with van der Waals surface area (Å²) in [6.07, 6.45) is 2.73. The van der Waals surface area contributed by atoms with Crippen molar-refractivity contribution in [3.63, 3.8) is 0 Å². The molecular weight excluding hydrogens is 298 g/mol. The standard InChI is InChI=1S/C12H10BrN3O2/c13-10-6-14-8-16(12(10)18)7-11(17)15-9-4-2-1-3-5-9/h1-6,8H,7H2,(H,15,17). The van der Waals surface area contributed by atoms with Gasteiger partial charge in [-0.05, 0) is 28.1 Å². The van der Waals surface area contributed by atoms with Gasteiger partial charge < -0.3 is 5.32 Å². The lowest BCUT2D eigenvalue weighted by atomic mass is 10.3. The number of nitrogens with one attached hydrogen (secondary N) is 1. The molecule has 1 N–H and O–H groups in total. The minimum Gasteiger partial charge on any atom is -0.325 e. The molecule has 0 aliphatic carbocycles. The van der Waals surface area contributed by atoms with E-state index in [1.54, 1.807) is 12.1 Å². The fraction of sp³-hybridized carbons (Fsp3) is 0.0833. The smallest absolute Gasteiger partial charge is 0.268 e. The van der Waals surface area contributed by atoms with E-state index >= 15 is 0 Å². The van der Waals surface area contributed by atoms with Crippen molar-refractivity contribution in [3.8, 4) is 0 Å². The van der Waals surface area contributed by atoms with Gasteiger partial charge in [0.15, 0.2) is 0 Å². The van der Waals surface area contributed by atoms with Crippen LogP contribution in [0.1, 0.15) is 0 Å². The van der Waals surface area contributed by atoms with Gasteiger partial charge in [-0.15, -0.1) is 0 Å². The Balaban J connectivity index is 2.08. The van der Waals surface area contributed by atoms with Gasteiger partial charge in [0.05, 0.1) is 6.33 Å². The molecule has 6 heteroatoms. The first-order valence-corrected chi connectivity index (χ1v) is 6.01. The topological polar surface area (TPSA) is 64.0 Å². The molecule has 0 aliphatic rings. The first-order chi connectivity index (χ1) is 8.66. The summed E-state index contributed by atoms with van der Waals surface area (Å²) in [6.45, 7) is -0.0693. The van der Waals surface area contributed by atoms with Gasteiger partial charge in [0, 0.05) is 11.9 Å². The molecule has 18 heavy (non-hydrogen) atoms. The summed E-state index contributed by atoms with van der Waals surface area (Å²) in [5.41, 5.74) is 0.409. The van der Waals surface area contributed by atoms with Crippen molar-refractivity contribution in [1.82, 2.24) is 9.55 Å². The molecule has 0 saturated carbocycles. The molecule has 2 rings (SSSR count). The number of aromatic nitrogens is 2. The fourth-order valence-corrected chi connectivity index (χ4v) is 1.76. The van der Waals surface area contributed by atoms with Crippen LogP contribution in [0.5, 0.6) is 0 Å². The number of rotatable bonds is 3. The summed E-state index contributed by atoms with van der Waals surface area (Å²) in [6, 6.07) is 9.06. The number of halogens is 1. The molecule has 0 atom stereocenters. The Morgan fingerprint density at radius 3 is 2.78 bits per heavy atom. The summed E-state index contributed by atoms with van der Waals surface area (Å²) in [5.74, 6) is -0.275. The van der Waals surface area contributed by atoms with Crippen LogP contribution < -0.4 is 10.9 Å². The van der Waals surface area contributed by atoms with Crippen molar-refractivity contribution in [1.29, 1.82) is 0 Å². The lowest BCUT2D eigenvalue weighted by Crippen LogP contribution is -2.27. The average Bonchev–Trinajstić information content (AvgIpc) is 2.36. The molecule has 0 spiro atoms. The lowest BCUT2D eigenvalue weighted by Gasteiger charge is -2.06. The number of benzene rings is 1. The molecule has 0 saturated heterocycles. The summed E-state index contributed by atoms with van der Waals surface area (Å²) in [4.78, 5) is 27.2. The number of hydrogen-bond acceptors (Lipinski definition) is 3. The Bertz CT molecular complexity index is 610. The van der Waals surface area contributed by atoms with Crippen molar-refractivity contribution in [3.05, 3.63) is 57.7 Å². The fourth-order valence-electron chi connectivity index (χ4n) is 1.41. The van der Waals surface area contributed by atoms with Crippen molar-refractivity contribution >= 4 is 27.5 Å². The number of para-hydroxylation sites is 1. The maximum Gasteiger partial charge on any atom is 0.268 e. The highest BCUT2D eigenvalue weighted by Gasteiger charge is 2.06. The summed E-state index contributed by atoms with van der Waals surface area (Å²) < 4.78 is 1.57. The molecule has 1 amide bonds. The third kappa shape index (κ3) is 3.04. The van der Waals surface area contributed by atoms with E-state index in [2.05, 4.69) is 26.2 Å². The van der Waals surface area contributed by atoms with Crippen molar-refractivity contribution in [2.45, 2.75) is 6.54 Å². The molecule has 0 fully saturated rings. The molecule has 5 nitrogen and oxygen atoms in total. The van der Waals surface area contributed by atoms with Crippen LogP contribution in [0.25, 0.3) is 0 Å². The maximum absolute atomic E-state index is 11.7. The van der Waals surface area contributed by atoms with Gasteiger partial charge in [-0.1, -0.05) is 18.2 Å². The second kappa shape index (κ2) is 5.59. The van der Waals surface area contributed by atoms with Crippen molar-refractivity contribution in [2.24, 2.45) is 0 Å². The van der Waals surface area contributed by atoms with Crippen LogP contribution >= 0.6 is 15.9 Å². The zero-order chi connectivity index (χ0) is 13.0. The molecular formula is C12H10BrN3O2. The second-order valence-corrected chi connectivity index (χ2v) is 4.44. The largest absolute Gasteiger partial charge is 0.325 e. The van der Waals surface area contributed by atoms with E-state index in [0.717, 1.165) is 0 Å². The molecule has 2 aromatic rings. The van der Waals surface area contributed by atoms with Crippen LogP contribution in [-0.2, 0) is 11.3 Å². The molecule has 92 valence electrons. The molecule has 0 bridgehead atoms. The zero-order valence-corrected chi connectivity index (χ0v) is 10.9. The Morgan fingerprint density at radius 2 is 2.06 bits per heavy atom. The van der Waals surface area contributed by atoms with Crippen LogP contribution in [-0.4, -0.2) is 15.5 Å².